The van der Waals surface area contributed by atoms with Gasteiger partial charge in [0.25, 0.3) is 0 Å². The molecule has 1 aliphatic heterocycles. The minimum absolute atomic E-state index is 0.00856. The molecule has 1 saturated heterocycles. The fraction of sp³-hybridized carbons (Fsp3) is 0.350. The number of anilines is 2. The third-order valence-corrected chi connectivity index (χ3v) is 4.56. The quantitative estimate of drug-likeness (QED) is 0.816. The van der Waals surface area contributed by atoms with E-state index in [1.165, 1.54) is 0 Å². The Kier molecular flexibility index (Phi) is 5.90. The summed E-state index contributed by atoms with van der Waals surface area (Å²) in [4.78, 5) is 30.1. The van der Waals surface area contributed by atoms with Crippen molar-refractivity contribution in [3.05, 3.63) is 48.2 Å². The van der Waals surface area contributed by atoms with E-state index in [1.54, 1.807) is 19.4 Å². The summed E-state index contributed by atoms with van der Waals surface area (Å²) in [5.41, 5.74) is 1.64. The van der Waals surface area contributed by atoms with Crippen LogP contribution in [0.15, 0.2) is 42.6 Å². The molecule has 2 amide bonds. The summed E-state index contributed by atoms with van der Waals surface area (Å²) in [6.45, 7) is 3.63. The van der Waals surface area contributed by atoms with Crippen LogP contribution in [0.3, 0.4) is 0 Å². The molecule has 1 fully saturated rings. The number of aromatic nitrogens is 1. The second-order valence-corrected chi connectivity index (χ2v) is 6.57. The van der Waals surface area contributed by atoms with Gasteiger partial charge in [0.15, 0.2) is 0 Å². The van der Waals surface area contributed by atoms with Crippen LogP contribution in [-0.4, -0.2) is 43.5 Å². The first-order valence-corrected chi connectivity index (χ1v) is 8.97. The topological polar surface area (TPSA) is 83.6 Å². The van der Waals surface area contributed by atoms with Crippen molar-refractivity contribution in [1.29, 1.82) is 0 Å². The highest BCUT2D eigenvalue weighted by Gasteiger charge is 2.18. The Morgan fingerprint density at radius 3 is 2.85 bits per heavy atom. The number of methoxy groups -OCH3 is 1. The van der Waals surface area contributed by atoms with Gasteiger partial charge < -0.3 is 20.3 Å². The third-order valence-electron chi connectivity index (χ3n) is 4.56. The SMILES string of the molecule is COc1ccccc1C(C)CC(=O)Nc1ccc(N2CCNC(=O)C2)nc1. The number of nitrogens with zero attached hydrogens (tertiary/aromatic N) is 2. The Hall–Kier alpha value is -3.09. The molecule has 2 aromatic rings. The molecule has 142 valence electrons. The van der Waals surface area contributed by atoms with Gasteiger partial charge >= 0.3 is 0 Å². The van der Waals surface area contributed by atoms with Crippen LogP contribution in [0, 0.1) is 0 Å². The summed E-state index contributed by atoms with van der Waals surface area (Å²) < 4.78 is 5.37. The van der Waals surface area contributed by atoms with Crippen LogP contribution >= 0.6 is 0 Å². The average Bonchev–Trinajstić information content (AvgIpc) is 2.68. The van der Waals surface area contributed by atoms with E-state index in [2.05, 4.69) is 15.6 Å². The van der Waals surface area contributed by atoms with Crippen LogP contribution in [0.2, 0.25) is 0 Å². The van der Waals surface area contributed by atoms with Crippen molar-refractivity contribution < 1.29 is 14.3 Å². The highest BCUT2D eigenvalue weighted by molar-refractivity contribution is 5.91. The molecule has 7 nitrogen and oxygen atoms in total. The number of carbonyl (C=O) groups is 2. The van der Waals surface area contributed by atoms with E-state index in [9.17, 15) is 9.59 Å². The van der Waals surface area contributed by atoms with E-state index in [0.717, 1.165) is 23.7 Å². The minimum atomic E-state index is -0.0830. The van der Waals surface area contributed by atoms with Crippen molar-refractivity contribution in [1.82, 2.24) is 10.3 Å². The number of pyridine rings is 1. The number of nitrogens with one attached hydrogen (secondary N) is 2. The van der Waals surface area contributed by atoms with Crippen LogP contribution in [0.5, 0.6) is 5.75 Å². The lowest BCUT2D eigenvalue weighted by molar-refractivity contribution is -0.120. The molecule has 0 saturated carbocycles. The molecule has 0 spiro atoms. The molecule has 27 heavy (non-hydrogen) atoms. The average molecular weight is 368 g/mol. The number of amides is 2. The monoisotopic (exact) mass is 368 g/mol. The summed E-state index contributed by atoms with van der Waals surface area (Å²) in [6, 6.07) is 11.3. The summed E-state index contributed by atoms with van der Waals surface area (Å²) in [7, 11) is 1.63. The molecule has 2 heterocycles. The molecule has 0 aliphatic carbocycles. The predicted octanol–water partition coefficient (Wildman–Crippen LogP) is 2.16. The van der Waals surface area contributed by atoms with E-state index >= 15 is 0 Å². The van der Waals surface area contributed by atoms with Gasteiger partial charge in [0.1, 0.15) is 11.6 Å². The van der Waals surface area contributed by atoms with Crippen molar-refractivity contribution in [2.75, 3.05) is 37.0 Å². The first-order chi connectivity index (χ1) is 13.1. The highest BCUT2D eigenvalue weighted by Crippen LogP contribution is 2.28. The first-order valence-electron chi connectivity index (χ1n) is 8.97. The van der Waals surface area contributed by atoms with E-state index in [1.807, 2.05) is 42.2 Å². The van der Waals surface area contributed by atoms with Crippen molar-refractivity contribution in [2.45, 2.75) is 19.3 Å². The second-order valence-electron chi connectivity index (χ2n) is 6.57. The lowest BCUT2D eigenvalue weighted by atomic mass is 9.96. The van der Waals surface area contributed by atoms with Crippen molar-refractivity contribution >= 4 is 23.3 Å². The smallest absolute Gasteiger partial charge is 0.239 e. The molecule has 7 heteroatoms. The molecule has 2 N–H and O–H groups in total. The van der Waals surface area contributed by atoms with Crippen molar-refractivity contribution in [3.8, 4) is 5.75 Å². The molecule has 1 aromatic heterocycles. The maximum Gasteiger partial charge on any atom is 0.239 e. The second kappa shape index (κ2) is 8.53. The van der Waals surface area contributed by atoms with E-state index < -0.39 is 0 Å². The number of rotatable bonds is 6. The molecular weight excluding hydrogens is 344 g/mol. The highest BCUT2D eigenvalue weighted by atomic mass is 16.5. The van der Waals surface area contributed by atoms with Crippen molar-refractivity contribution in [2.24, 2.45) is 0 Å². The zero-order chi connectivity index (χ0) is 19.2. The molecule has 0 bridgehead atoms. The van der Waals surface area contributed by atoms with Gasteiger partial charge in [-0.15, -0.1) is 0 Å². The number of hydrogen-bond donors (Lipinski definition) is 2. The van der Waals surface area contributed by atoms with Gasteiger partial charge in [0, 0.05) is 19.5 Å². The lowest BCUT2D eigenvalue weighted by Crippen LogP contribution is -2.48. The summed E-state index contributed by atoms with van der Waals surface area (Å²) >= 11 is 0. The first kappa shape index (κ1) is 18.7. The predicted molar refractivity (Wildman–Crippen MR) is 104 cm³/mol. The zero-order valence-electron chi connectivity index (χ0n) is 15.6. The van der Waals surface area contributed by atoms with E-state index in [-0.39, 0.29) is 17.7 Å². The molecule has 1 atom stereocenters. The van der Waals surface area contributed by atoms with Gasteiger partial charge in [-0.2, -0.15) is 0 Å². The molecule has 0 radical (unpaired) electrons. The Balaban J connectivity index is 1.58. The Morgan fingerprint density at radius 1 is 1.33 bits per heavy atom. The summed E-state index contributed by atoms with van der Waals surface area (Å²) in [5, 5.41) is 5.66. The molecule has 3 rings (SSSR count). The molecule has 1 aliphatic rings. The van der Waals surface area contributed by atoms with Crippen molar-refractivity contribution in [3.63, 3.8) is 0 Å². The molecule has 1 aromatic carbocycles. The largest absolute Gasteiger partial charge is 0.496 e. The van der Waals surface area contributed by atoms with Gasteiger partial charge in [0.05, 0.1) is 25.5 Å². The van der Waals surface area contributed by atoms with Gasteiger partial charge in [0.2, 0.25) is 11.8 Å². The van der Waals surface area contributed by atoms with Crippen LogP contribution < -0.4 is 20.3 Å². The Labute approximate surface area is 158 Å². The fourth-order valence-corrected chi connectivity index (χ4v) is 3.15. The number of piperazine rings is 1. The fourth-order valence-electron chi connectivity index (χ4n) is 3.15. The Bertz CT molecular complexity index is 807. The van der Waals surface area contributed by atoms with Gasteiger partial charge in [-0.1, -0.05) is 25.1 Å². The van der Waals surface area contributed by atoms with E-state index in [0.29, 0.717) is 25.2 Å². The minimum Gasteiger partial charge on any atom is -0.496 e. The Morgan fingerprint density at radius 2 is 2.15 bits per heavy atom. The summed E-state index contributed by atoms with van der Waals surface area (Å²) in [6.07, 6.45) is 1.96. The number of carbonyl (C=O) groups excluding carboxylic acids is 2. The van der Waals surface area contributed by atoms with Crippen LogP contribution in [-0.2, 0) is 9.59 Å². The normalized spacial score (nSPS) is 15.0. The van der Waals surface area contributed by atoms with Crippen LogP contribution in [0.25, 0.3) is 0 Å². The number of benzene rings is 1. The lowest BCUT2D eigenvalue weighted by Gasteiger charge is -2.27. The maximum absolute atomic E-state index is 12.4. The van der Waals surface area contributed by atoms with E-state index in [4.69, 9.17) is 4.74 Å². The zero-order valence-corrected chi connectivity index (χ0v) is 15.6. The third kappa shape index (κ3) is 4.75. The summed E-state index contributed by atoms with van der Waals surface area (Å²) in [5.74, 6) is 1.45. The van der Waals surface area contributed by atoms with Gasteiger partial charge in [-0.3, -0.25) is 9.59 Å². The van der Waals surface area contributed by atoms with Crippen LogP contribution in [0.4, 0.5) is 11.5 Å². The number of hydrogen-bond acceptors (Lipinski definition) is 5. The molecular formula is C20H24N4O3. The van der Waals surface area contributed by atoms with Gasteiger partial charge in [-0.25, -0.2) is 4.98 Å². The standard InChI is InChI=1S/C20H24N4O3/c1-14(16-5-3-4-6-17(16)27-2)11-19(25)23-15-7-8-18(22-12-15)24-10-9-21-20(26)13-24/h3-8,12,14H,9-11,13H2,1-2H3,(H,21,26)(H,23,25). The van der Waals surface area contributed by atoms with Crippen LogP contribution in [0.1, 0.15) is 24.8 Å². The molecule has 1 unspecified atom stereocenters. The maximum atomic E-state index is 12.4. The van der Waals surface area contributed by atoms with Gasteiger partial charge in [-0.05, 0) is 29.7 Å². The number of ether oxygens (including phenoxy) is 1. The number of para-hydroxylation sites is 1.